The summed E-state index contributed by atoms with van der Waals surface area (Å²) in [7, 11) is -1.87. The highest BCUT2D eigenvalue weighted by atomic mass is 32.2. The van der Waals surface area contributed by atoms with Gasteiger partial charge in [0.15, 0.2) is 20.7 Å². The number of hydrogen-bond acceptors (Lipinski definition) is 10. The van der Waals surface area contributed by atoms with Gasteiger partial charge in [-0.2, -0.15) is 4.98 Å². The molecule has 12 heteroatoms. The SMILES string of the molecule is COc1c(Nc2ccc(S(=O)(=O)C3CC3)nc2C)ncnc1OC1CCN(C(=O)OC(C)C)CC1. The fourth-order valence-corrected chi connectivity index (χ4v) is 5.43. The molecule has 2 fully saturated rings. The van der Waals surface area contributed by atoms with Crippen molar-refractivity contribution in [3.63, 3.8) is 0 Å². The highest BCUT2D eigenvalue weighted by Crippen LogP contribution is 2.36. The van der Waals surface area contributed by atoms with E-state index in [2.05, 4.69) is 20.3 Å². The van der Waals surface area contributed by atoms with E-state index < -0.39 is 9.84 Å². The maximum absolute atomic E-state index is 12.5. The van der Waals surface area contributed by atoms with E-state index in [4.69, 9.17) is 14.2 Å². The van der Waals surface area contributed by atoms with Crippen LogP contribution in [0, 0.1) is 6.92 Å². The predicted octanol–water partition coefficient (Wildman–Crippen LogP) is 3.26. The lowest BCUT2D eigenvalue weighted by atomic mass is 10.1. The highest BCUT2D eigenvalue weighted by Gasteiger charge is 2.38. The Hall–Kier alpha value is -3.15. The van der Waals surface area contributed by atoms with Crippen LogP contribution in [0.25, 0.3) is 0 Å². The molecule has 0 unspecified atom stereocenters. The zero-order valence-electron chi connectivity index (χ0n) is 20.4. The van der Waals surface area contributed by atoms with Crippen molar-refractivity contribution in [2.45, 2.75) is 68.9 Å². The summed E-state index contributed by atoms with van der Waals surface area (Å²) in [5.74, 6) is 0.980. The molecule has 1 saturated carbocycles. The molecule has 1 N–H and O–H groups in total. The van der Waals surface area contributed by atoms with E-state index in [-0.39, 0.29) is 34.5 Å². The van der Waals surface area contributed by atoms with Crippen molar-refractivity contribution in [3.8, 4) is 11.6 Å². The third-order valence-corrected chi connectivity index (χ3v) is 8.02. The number of carbonyl (C=O) groups excluding carboxylic acids is 1. The first-order chi connectivity index (χ1) is 16.7. The molecule has 35 heavy (non-hydrogen) atoms. The highest BCUT2D eigenvalue weighted by molar-refractivity contribution is 7.92. The monoisotopic (exact) mass is 505 g/mol. The fraction of sp³-hybridized carbons (Fsp3) is 0.565. The van der Waals surface area contributed by atoms with Gasteiger partial charge < -0.3 is 24.4 Å². The summed E-state index contributed by atoms with van der Waals surface area (Å²) in [6.07, 6.45) is 3.37. The van der Waals surface area contributed by atoms with Gasteiger partial charge in [0, 0.05) is 25.9 Å². The van der Waals surface area contributed by atoms with E-state index in [1.54, 1.807) is 17.9 Å². The first-order valence-corrected chi connectivity index (χ1v) is 13.2. The minimum Gasteiger partial charge on any atom is -0.489 e. The molecule has 1 aliphatic carbocycles. The maximum atomic E-state index is 12.5. The lowest BCUT2D eigenvalue weighted by molar-refractivity contribution is 0.0500. The zero-order chi connectivity index (χ0) is 25.2. The Kier molecular flexibility index (Phi) is 7.29. The van der Waals surface area contributed by atoms with Crippen molar-refractivity contribution in [1.82, 2.24) is 19.9 Å². The van der Waals surface area contributed by atoms with Crippen LogP contribution in [-0.4, -0.2) is 72.0 Å². The van der Waals surface area contributed by atoms with Crippen LogP contribution in [-0.2, 0) is 14.6 Å². The van der Waals surface area contributed by atoms with Gasteiger partial charge in [-0.1, -0.05) is 0 Å². The smallest absolute Gasteiger partial charge is 0.410 e. The number of ether oxygens (including phenoxy) is 3. The summed E-state index contributed by atoms with van der Waals surface area (Å²) in [6, 6.07) is 3.18. The van der Waals surface area contributed by atoms with Crippen molar-refractivity contribution >= 4 is 27.4 Å². The summed E-state index contributed by atoms with van der Waals surface area (Å²) in [5.41, 5.74) is 1.12. The minimum atomic E-state index is -3.37. The molecule has 1 amide bonds. The average Bonchev–Trinajstić information content (AvgIpc) is 3.67. The molecule has 1 aliphatic heterocycles. The lowest BCUT2D eigenvalue weighted by Crippen LogP contribution is -2.42. The molecule has 2 aromatic heterocycles. The van der Waals surface area contributed by atoms with Crippen LogP contribution in [0.3, 0.4) is 0 Å². The number of nitrogens with zero attached hydrogens (tertiary/aromatic N) is 4. The molecule has 0 atom stereocenters. The van der Waals surface area contributed by atoms with Crippen LogP contribution in [0.5, 0.6) is 11.6 Å². The predicted molar refractivity (Wildman–Crippen MR) is 128 cm³/mol. The first-order valence-electron chi connectivity index (χ1n) is 11.7. The molecule has 0 bridgehead atoms. The largest absolute Gasteiger partial charge is 0.489 e. The number of hydrogen-bond donors (Lipinski definition) is 1. The molecular formula is C23H31N5O6S. The Morgan fingerprint density at radius 2 is 1.86 bits per heavy atom. The van der Waals surface area contributed by atoms with E-state index >= 15 is 0 Å². The molecule has 0 radical (unpaired) electrons. The Morgan fingerprint density at radius 3 is 2.46 bits per heavy atom. The standard InChI is InChI=1S/C23H31N5O6S/c1-14(2)33-23(29)28-11-9-16(10-12-28)34-22-20(32-4)21(24-13-25-22)27-18-7-8-19(26-15(18)3)35(30,31)17-5-6-17/h7-8,13-14,16-17H,5-6,9-12H2,1-4H3,(H,24,25,27). The number of aryl methyl sites for hydroxylation is 1. The number of amides is 1. The van der Waals surface area contributed by atoms with Crippen LogP contribution < -0.4 is 14.8 Å². The van der Waals surface area contributed by atoms with Gasteiger partial charge >= 0.3 is 6.09 Å². The molecule has 2 aromatic rings. The topological polar surface area (TPSA) is 133 Å². The van der Waals surface area contributed by atoms with E-state index in [1.165, 1.54) is 19.5 Å². The van der Waals surface area contributed by atoms with Gasteiger partial charge in [-0.05, 0) is 45.7 Å². The lowest BCUT2D eigenvalue weighted by Gasteiger charge is -2.31. The van der Waals surface area contributed by atoms with Crippen molar-refractivity contribution < 1.29 is 27.4 Å². The summed E-state index contributed by atoms with van der Waals surface area (Å²) < 4.78 is 41.9. The molecule has 4 rings (SSSR count). The molecule has 190 valence electrons. The second-order valence-electron chi connectivity index (χ2n) is 8.95. The third-order valence-electron chi connectivity index (χ3n) is 5.86. The van der Waals surface area contributed by atoms with Gasteiger partial charge in [0.1, 0.15) is 12.4 Å². The van der Waals surface area contributed by atoms with Gasteiger partial charge in [0.2, 0.25) is 5.75 Å². The van der Waals surface area contributed by atoms with Gasteiger partial charge in [0.05, 0.1) is 29.8 Å². The van der Waals surface area contributed by atoms with Crippen LogP contribution in [0.4, 0.5) is 16.3 Å². The quantitative estimate of drug-likeness (QED) is 0.570. The van der Waals surface area contributed by atoms with Crippen LogP contribution in [0.15, 0.2) is 23.5 Å². The van der Waals surface area contributed by atoms with Crippen LogP contribution >= 0.6 is 0 Å². The number of nitrogens with one attached hydrogen (secondary N) is 1. The van der Waals surface area contributed by atoms with Crippen molar-refractivity contribution in [3.05, 3.63) is 24.2 Å². The molecule has 0 spiro atoms. The molecular weight excluding hydrogens is 474 g/mol. The fourth-order valence-electron chi connectivity index (χ4n) is 3.81. The maximum Gasteiger partial charge on any atom is 0.410 e. The Morgan fingerprint density at radius 1 is 1.14 bits per heavy atom. The van der Waals surface area contributed by atoms with Gasteiger partial charge in [0.25, 0.3) is 5.88 Å². The summed E-state index contributed by atoms with van der Waals surface area (Å²) in [6.45, 7) is 6.42. The Balaban J connectivity index is 1.44. The van der Waals surface area contributed by atoms with Crippen molar-refractivity contribution in [2.75, 3.05) is 25.5 Å². The van der Waals surface area contributed by atoms with E-state index in [1.807, 2.05) is 13.8 Å². The Labute approximate surface area is 205 Å². The van der Waals surface area contributed by atoms with Crippen LogP contribution in [0.2, 0.25) is 0 Å². The number of rotatable bonds is 8. The van der Waals surface area contributed by atoms with Gasteiger partial charge in [-0.3, -0.25) is 0 Å². The number of methoxy groups -OCH3 is 1. The number of aromatic nitrogens is 3. The number of sulfone groups is 1. The average molecular weight is 506 g/mol. The second kappa shape index (κ2) is 10.2. The number of anilines is 2. The third kappa shape index (κ3) is 5.75. The van der Waals surface area contributed by atoms with E-state index in [0.717, 1.165) is 0 Å². The van der Waals surface area contributed by atoms with E-state index in [9.17, 15) is 13.2 Å². The van der Waals surface area contributed by atoms with Gasteiger partial charge in [-0.25, -0.2) is 23.2 Å². The summed E-state index contributed by atoms with van der Waals surface area (Å²) in [5, 5.41) is 2.92. The second-order valence-corrected chi connectivity index (χ2v) is 11.1. The number of pyridine rings is 1. The molecule has 0 aromatic carbocycles. The molecule has 3 heterocycles. The number of likely N-dealkylation sites (tertiary alicyclic amines) is 1. The molecule has 2 aliphatic rings. The first kappa shape index (κ1) is 25.0. The normalized spacial score (nSPS) is 16.8. The molecule has 1 saturated heterocycles. The van der Waals surface area contributed by atoms with Crippen molar-refractivity contribution in [1.29, 1.82) is 0 Å². The van der Waals surface area contributed by atoms with Gasteiger partial charge in [-0.15, -0.1) is 0 Å². The zero-order valence-corrected chi connectivity index (χ0v) is 21.2. The number of piperidine rings is 1. The minimum absolute atomic E-state index is 0.0883. The van der Waals surface area contributed by atoms with Crippen LogP contribution in [0.1, 0.15) is 45.2 Å². The number of carbonyl (C=O) groups is 1. The Bertz CT molecular complexity index is 1180. The molecule has 11 nitrogen and oxygen atoms in total. The van der Waals surface area contributed by atoms with Crippen molar-refractivity contribution in [2.24, 2.45) is 0 Å². The van der Waals surface area contributed by atoms with E-state index in [0.29, 0.717) is 61.7 Å². The summed E-state index contributed by atoms with van der Waals surface area (Å²) in [4.78, 5) is 26.6. The summed E-state index contributed by atoms with van der Waals surface area (Å²) >= 11 is 0.